The van der Waals surface area contributed by atoms with Crippen LogP contribution >= 0.6 is 0 Å². The standard InChI is InChI=1S/C20H19FN2O6/c1-2-28-20(27)13-7-9-14(10-8-13)23-17(24)12-29-18(25)11-22-19(26)15-5-3-4-6-16(15)21/h3-10H,2,11-12H2,1H3,(H,22,26)(H,23,24). The zero-order chi connectivity index (χ0) is 21.2. The summed E-state index contributed by atoms with van der Waals surface area (Å²) in [6.07, 6.45) is 0. The van der Waals surface area contributed by atoms with E-state index in [1.807, 2.05) is 0 Å². The lowest BCUT2D eigenvalue weighted by molar-refractivity contribution is -0.146. The average molecular weight is 402 g/mol. The van der Waals surface area contributed by atoms with Crippen LogP contribution in [0.3, 0.4) is 0 Å². The fourth-order valence-electron chi connectivity index (χ4n) is 2.19. The molecule has 0 bridgehead atoms. The molecule has 0 spiro atoms. The summed E-state index contributed by atoms with van der Waals surface area (Å²) >= 11 is 0. The van der Waals surface area contributed by atoms with E-state index in [-0.39, 0.29) is 12.2 Å². The minimum Gasteiger partial charge on any atom is -0.462 e. The number of carbonyl (C=O) groups is 4. The minimum atomic E-state index is -0.859. The lowest BCUT2D eigenvalue weighted by atomic mass is 10.2. The Balaban J connectivity index is 1.74. The lowest BCUT2D eigenvalue weighted by Gasteiger charge is -2.08. The topological polar surface area (TPSA) is 111 Å². The van der Waals surface area contributed by atoms with Crippen molar-refractivity contribution < 1.29 is 33.0 Å². The average Bonchev–Trinajstić information content (AvgIpc) is 2.71. The van der Waals surface area contributed by atoms with E-state index in [9.17, 15) is 23.6 Å². The van der Waals surface area contributed by atoms with E-state index in [4.69, 9.17) is 9.47 Å². The predicted octanol–water partition coefficient (Wildman–Crippen LogP) is 1.91. The number of rotatable bonds is 8. The summed E-state index contributed by atoms with van der Waals surface area (Å²) in [7, 11) is 0. The number of ether oxygens (including phenoxy) is 2. The van der Waals surface area contributed by atoms with Crippen LogP contribution in [0.5, 0.6) is 0 Å². The molecule has 2 aromatic carbocycles. The third kappa shape index (κ3) is 6.73. The molecule has 0 atom stereocenters. The Kier molecular flexibility index (Phi) is 7.84. The van der Waals surface area contributed by atoms with Crippen molar-refractivity contribution in [3.05, 3.63) is 65.5 Å². The summed E-state index contributed by atoms with van der Waals surface area (Å²) in [5, 5.41) is 4.70. The van der Waals surface area contributed by atoms with E-state index >= 15 is 0 Å². The van der Waals surface area contributed by atoms with E-state index in [0.29, 0.717) is 11.3 Å². The Morgan fingerprint density at radius 2 is 1.66 bits per heavy atom. The van der Waals surface area contributed by atoms with E-state index < -0.39 is 42.7 Å². The first-order valence-electron chi connectivity index (χ1n) is 8.66. The van der Waals surface area contributed by atoms with Crippen LogP contribution in [0.1, 0.15) is 27.6 Å². The minimum absolute atomic E-state index is 0.204. The Morgan fingerprint density at radius 1 is 0.966 bits per heavy atom. The lowest BCUT2D eigenvalue weighted by Crippen LogP contribution is -2.32. The van der Waals surface area contributed by atoms with Gasteiger partial charge < -0.3 is 20.1 Å². The molecule has 2 aromatic rings. The Labute approximate surface area is 166 Å². The maximum Gasteiger partial charge on any atom is 0.338 e. The molecule has 0 radical (unpaired) electrons. The highest BCUT2D eigenvalue weighted by Gasteiger charge is 2.14. The van der Waals surface area contributed by atoms with Crippen LogP contribution in [0.2, 0.25) is 0 Å². The summed E-state index contributed by atoms with van der Waals surface area (Å²) in [6.45, 7) is 0.852. The summed E-state index contributed by atoms with van der Waals surface area (Å²) in [4.78, 5) is 46.8. The van der Waals surface area contributed by atoms with Gasteiger partial charge in [0.1, 0.15) is 12.4 Å². The molecule has 0 aromatic heterocycles. The van der Waals surface area contributed by atoms with Crippen LogP contribution in [0.25, 0.3) is 0 Å². The molecule has 0 saturated carbocycles. The normalized spacial score (nSPS) is 10.0. The molecule has 0 saturated heterocycles. The third-order valence-electron chi connectivity index (χ3n) is 3.56. The Hall–Kier alpha value is -3.75. The van der Waals surface area contributed by atoms with Gasteiger partial charge in [-0.05, 0) is 43.3 Å². The van der Waals surface area contributed by atoms with Gasteiger partial charge in [0.15, 0.2) is 6.61 Å². The summed E-state index contributed by atoms with van der Waals surface area (Å²) in [5.41, 5.74) is 0.526. The number of hydrogen-bond acceptors (Lipinski definition) is 6. The van der Waals surface area contributed by atoms with E-state index in [2.05, 4.69) is 10.6 Å². The zero-order valence-electron chi connectivity index (χ0n) is 15.6. The first-order chi connectivity index (χ1) is 13.9. The molecule has 9 heteroatoms. The first-order valence-corrected chi connectivity index (χ1v) is 8.66. The van der Waals surface area contributed by atoms with Gasteiger partial charge in [-0.15, -0.1) is 0 Å². The summed E-state index contributed by atoms with van der Waals surface area (Å²) < 4.78 is 23.1. The van der Waals surface area contributed by atoms with Crippen molar-refractivity contribution in [3.8, 4) is 0 Å². The molecule has 2 amide bonds. The maximum absolute atomic E-state index is 13.5. The fraction of sp³-hybridized carbons (Fsp3) is 0.200. The van der Waals surface area contributed by atoms with Crippen LogP contribution < -0.4 is 10.6 Å². The van der Waals surface area contributed by atoms with Crippen molar-refractivity contribution in [1.29, 1.82) is 0 Å². The van der Waals surface area contributed by atoms with Gasteiger partial charge in [0.25, 0.3) is 11.8 Å². The van der Waals surface area contributed by atoms with Crippen LogP contribution in [0.15, 0.2) is 48.5 Å². The van der Waals surface area contributed by atoms with E-state index in [1.54, 1.807) is 6.92 Å². The molecule has 2 rings (SSSR count). The van der Waals surface area contributed by atoms with Gasteiger partial charge in [-0.1, -0.05) is 12.1 Å². The molecular weight excluding hydrogens is 383 g/mol. The SMILES string of the molecule is CCOC(=O)c1ccc(NC(=O)COC(=O)CNC(=O)c2ccccc2F)cc1. The molecule has 0 aliphatic heterocycles. The molecule has 0 aliphatic rings. The van der Waals surface area contributed by atoms with Crippen LogP contribution in [0, 0.1) is 5.82 Å². The number of halogens is 1. The predicted molar refractivity (Wildman–Crippen MR) is 101 cm³/mol. The van der Waals surface area contributed by atoms with Crippen molar-refractivity contribution >= 4 is 29.4 Å². The summed E-state index contributed by atoms with van der Waals surface area (Å²) in [5.74, 6) is -3.43. The fourth-order valence-corrected chi connectivity index (χ4v) is 2.19. The first kappa shape index (κ1) is 21.5. The zero-order valence-corrected chi connectivity index (χ0v) is 15.6. The van der Waals surface area contributed by atoms with Gasteiger partial charge >= 0.3 is 11.9 Å². The highest BCUT2D eigenvalue weighted by Crippen LogP contribution is 2.10. The maximum atomic E-state index is 13.5. The number of anilines is 1. The van der Waals surface area contributed by atoms with Crippen LogP contribution in [-0.4, -0.2) is 43.5 Å². The molecular formula is C20H19FN2O6. The molecule has 152 valence electrons. The smallest absolute Gasteiger partial charge is 0.338 e. The van der Waals surface area contributed by atoms with E-state index in [1.165, 1.54) is 42.5 Å². The molecule has 29 heavy (non-hydrogen) atoms. The van der Waals surface area contributed by atoms with Crippen LogP contribution in [-0.2, 0) is 19.1 Å². The number of carbonyl (C=O) groups excluding carboxylic acids is 4. The van der Waals surface area contributed by atoms with E-state index in [0.717, 1.165) is 6.07 Å². The highest BCUT2D eigenvalue weighted by atomic mass is 19.1. The summed E-state index contributed by atoms with van der Waals surface area (Å²) in [6, 6.07) is 11.3. The Morgan fingerprint density at radius 3 is 2.31 bits per heavy atom. The number of nitrogens with one attached hydrogen (secondary N) is 2. The van der Waals surface area contributed by atoms with Gasteiger partial charge in [0.2, 0.25) is 0 Å². The molecule has 0 aliphatic carbocycles. The van der Waals surface area contributed by atoms with Gasteiger partial charge in [0, 0.05) is 5.69 Å². The van der Waals surface area contributed by atoms with Gasteiger partial charge in [-0.25, -0.2) is 9.18 Å². The van der Waals surface area contributed by atoms with Gasteiger partial charge in [-0.2, -0.15) is 0 Å². The second kappa shape index (κ2) is 10.5. The van der Waals surface area contributed by atoms with Crippen LogP contribution in [0.4, 0.5) is 10.1 Å². The van der Waals surface area contributed by atoms with Gasteiger partial charge in [-0.3, -0.25) is 14.4 Å². The van der Waals surface area contributed by atoms with Crippen molar-refractivity contribution in [1.82, 2.24) is 5.32 Å². The largest absolute Gasteiger partial charge is 0.462 e. The number of hydrogen-bond donors (Lipinski definition) is 2. The second-order valence-electron chi connectivity index (χ2n) is 5.67. The number of benzene rings is 2. The van der Waals surface area contributed by atoms with Gasteiger partial charge in [0.05, 0.1) is 17.7 Å². The molecule has 0 fully saturated rings. The molecule has 8 nitrogen and oxygen atoms in total. The van der Waals surface area contributed by atoms with Crippen molar-refractivity contribution in [2.24, 2.45) is 0 Å². The highest BCUT2D eigenvalue weighted by molar-refractivity contribution is 5.97. The number of amides is 2. The molecule has 2 N–H and O–H groups in total. The van der Waals surface area contributed by atoms with Crippen molar-refractivity contribution in [2.75, 3.05) is 25.1 Å². The van der Waals surface area contributed by atoms with Crippen molar-refractivity contribution in [3.63, 3.8) is 0 Å². The number of esters is 2. The molecule has 0 heterocycles. The second-order valence-corrected chi connectivity index (χ2v) is 5.67. The van der Waals surface area contributed by atoms with Crippen molar-refractivity contribution in [2.45, 2.75) is 6.92 Å². The quantitative estimate of drug-likeness (QED) is 0.653. The molecule has 0 unspecified atom stereocenters. The third-order valence-corrected chi connectivity index (χ3v) is 3.56. The Bertz CT molecular complexity index is 898. The monoisotopic (exact) mass is 402 g/mol.